The van der Waals surface area contributed by atoms with E-state index in [1.54, 1.807) is 53.7 Å². The molecule has 0 aliphatic rings. The number of benzene rings is 1. The molecule has 1 aromatic heterocycles. The van der Waals surface area contributed by atoms with E-state index < -0.39 is 46.9 Å². The molecule has 47 heavy (non-hydrogen) atoms. The van der Waals surface area contributed by atoms with Gasteiger partial charge in [-0.2, -0.15) is 0 Å². The number of thioether (sulfide) groups is 1. The molecule has 0 spiro atoms. The van der Waals surface area contributed by atoms with Gasteiger partial charge in [-0.25, -0.2) is 24.4 Å². The first-order valence-corrected chi connectivity index (χ1v) is 16.4. The van der Waals surface area contributed by atoms with E-state index in [0.29, 0.717) is 22.0 Å². The van der Waals surface area contributed by atoms with Crippen molar-refractivity contribution < 1.29 is 33.4 Å². The lowest BCUT2D eigenvalue weighted by molar-refractivity contribution is -0.123. The zero-order chi connectivity index (χ0) is 35.7. The van der Waals surface area contributed by atoms with Gasteiger partial charge in [0.1, 0.15) is 27.9 Å². The Bertz CT molecular complexity index is 1440. The van der Waals surface area contributed by atoms with Gasteiger partial charge < -0.3 is 35.9 Å². The Labute approximate surface area is 281 Å². The van der Waals surface area contributed by atoms with Crippen molar-refractivity contribution in [3.8, 4) is 11.3 Å². The Morgan fingerprint density at radius 1 is 0.787 bits per heavy atom. The van der Waals surface area contributed by atoms with Crippen molar-refractivity contribution in [2.24, 2.45) is 0 Å². The third-order valence-corrected chi connectivity index (χ3v) is 6.86. The number of nitrogens with one attached hydrogen (secondary N) is 3. The molecule has 1 heterocycles. The van der Waals surface area contributed by atoms with E-state index in [0.717, 1.165) is 16.7 Å². The van der Waals surface area contributed by atoms with Gasteiger partial charge in [-0.3, -0.25) is 4.79 Å². The maximum Gasteiger partial charge on any atom is 0.408 e. The summed E-state index contributed by atoms with van der Waals surface area (Å²) < 4.78 is 16.1. The van der Waals surface area contributed by atoms with Gasteiger partial charge in [-0.1, -0.05) is 6.07 Å². The lowest BCUT2D eigenvalue weighted by atomic mass is 9.97. The summed E-state index contributed by atoms with van der Waals surface area (Å²) in [7, 11) is 0. The van der Waals surface area contributed by atoms with Crippen molar-refractivity contribution in [3.63, 3.8) is 0 Å². The van der Waals surface area contributed by atoms with E-state index in [2.05, 4.69) is 25.9 Å². The Balaban J connectivity index is 2.10. The highest BCUT2D eigenvalue weighted by molar-refractivity contribution is 7.99. The third kappa shape index (κ3) is 14.5. The fourth-order valence-electron chi connectivity index (χ4n) is 4.14. The number of ether oxygens (including phenoxy) is 3. The molecule has 0 fully saturated rings. The molecule has 0 bridgehead atoms. The molecule has 14 heteroatoms. The number of aryl methyl sites for hydroxylation is 2. The minimum atomic E-state index is -0.977. The molecule has 13 nitrogen and oxygen atoms in total. The van der Waals surface area contributed by atoms with Crippen LogP contribution in [0.4, 0.5) is 15.5 Å². The lowest BCUT2D eigenvalue weighted by Gasteiger charge is -2.24. The predicted molar refractivity (Wildman–Crippen MR) is 182 cm³/mol. The Hall–Kier alpha value is -4.07. The van der Waals surface area contributed by atoms with Crippen LogP contribution in [0.25, 0.3) is 11.3 Å². The number of hydrogen-bond donors (Lipinski definition) is 4. The second-order valence-electron chi connectivity index (χ2n) is 14.0. The number of esters is 1. The summed E-state index contributed by atoms with van der Waals surface area (Å²) in [5.41, 5.74) is 7.36. The van der Waals surface area contributed by atoms with Crippen LogP contribution >= 0.6 is 11.8 Å². The Kier molecular flexibility index (Phi) is 13.4. The summed E-state index contributed by atoms with van der Waals surface area (Å²) in [5, 5.41) is 8.56. The van der Waals surface area contributed by atoms with Crippen LogP contribution in [-0.2, 0) is 19.0 Å². The normalized spacial score (nSPS) is 12.5. The van der Waals surface area contributed by atoms with Gasteiger partial charge in [0, 0.05) is 24.4 Å². The molecule has 0 saturated heterocycles. The van der Waals surface area contributed by atoms with E-state index >= 15 is 0 Å². The van der Waals surface area contributed by atoms with Crippen LogP contribution in [-0.4, -0.2) is 75.7 Å². The number of alkyl carbamates (subject to hydrolysis) is 2. The average Bonchev–Trinajstić information content (AvgIpc) is 2.87. The number of anilines is 1. The van der Waals surface area contributed by atoms with Gasteiger partial charge in [0.2, 0.25) is 11.9 Å². The van der Waals surface area contributed by atoms with Crippen LogP contribution in [0.5, 0.6) is 0 Å². The van der Waals surface area contributed by atoms with Gasteiger partial charge in [0.05, 0.1) is 11.3 Å². The number of hydrogen-bond acceptors (Lipinski definition) is 11. The second kappa shape index (κ2) is 16.2. The van der Waals surface area contributed by atoms with Gasteiger partial charge in [-0.15, -0.1) is 11.8 Å². The first kappa shape index (κ1) is 39.1. The summed E-state index contributed by atoms with van der Waals surface area (Å²) >= 11 is 1.35. The third-order valence-electron chi connectivity index (χ3n) is 5.95. The SMILES string of the molecule is Cc1cc(C)c(-c2cc(SCCNC(=O)C(CCNC(=O)OC(C)(C)C)NC(=O)OC(C)(C)C)nc(N)n2)cc1C(=O)OC(C)(C)C. The highest BCUT2D eigenvalue weighted by Gasteiger charge is 2.25. The maximum atomic E-state index is 13.1. The molecular formula is C33H50N6O7S. The number of nitrogens with zero attached hydrogens (tertiary/aromatic N) is 2. The number of nitrogens with two attached hydrogens (primary N) is 1. The van der Waals surface area contributed by atoms with Crippen LogP contribution in [0.2, 0.25) is 0 Å². The number of nitrogen functional groups attached to an aromatic ring is 1. The molecule has 1 aromatic carbocycles. The lowest BCUT2D eigenvalue weighted by Crippen LogP contribution is -2.50. The molecule has 3 amide bonds. The number of carbonyl (C=O) groups is 4. The van der Waals surface area contributed by atoms with Crippen LogP contribution in [0.1, 0.15) is 90.2 Å². The zero-order valence-electron chi connectivity index (χ0n) is 29.4. The molecule has 1 atom stereocenters. The van der Waals surface area contributed by atoms with Gasteiger partial charge >= 0.3 is 18.2 Å². The summed E-state index contributed by atoms with van der Waals surface area (Å²) in [6.07, 6.45) is -1.28. The van der Waals surface area contributed by atoms with Crippen molar-refractivity contribution in [1.82, 2.24) is 25.9 Å². The monoisotopic (exact) mass is 674 g/mol. The predicted octanol–water partition coefficient (Wildman–Crippen LogP) is 5.31. The van der Waals surface area contributed by atoms with Crippen molar-refractivity contribution in [2.75, 3.05) is 24.6 Å². The second-order valence-corrected chi connectivity index (χ2v) is 15.1. The molecule has 0 saturated carbocycles. The van der Waals surface area contributed by atoms with Gasteiger partial charge in [0.25, 0.3) is 0 Å². The van der Waals surface area contributed by atoms with Crippen LogP contribution in [0, 0.1) is 13.8 Å². The summed E-state index contributed by atoms with van der Waals surface area (Å²) in [4.78, 5) is 59.1. The van der Waals surface area contributed by atoms with Crippen molar-refractivity contribution in [2.45, 2.75) is 110 Å². The fourth-order valence-corrected chi connectivity index (χ4v) is 4.91. The maximum absolute atomic E-state index is 13.1. The highest BCUT2D eigenvalue weighted by atomic mass is 32.2. The molecule has 2 rings (SSSR count). The summed E-state index contributed by atoms with van der Waals surface area (Å²) in [5.74, 6) is -0.390. The number of aromatic nitrogens is 2. The van der Waals surface area contributed by atoms with Crippen LogP contribution in [0.3, 0.4) is 0 Å². The van der Waals surface area contributed by atoms with E-state index in [4.69, 9.17) is 19.9 Å². The highest BCUT2D eigenvalue weighted by Crippen LogP contribution is 2.29. The summed E-state index contributed by atoms with van der Waals surface area (Å²) in [6.45, 7) is 19.9. The average molecular weight is 675 g/mol. The minimum Gasteiger partial charge on any atom is -0.456 e. The standard InChI is InChI=1S/C33H50N6O7S/c1-19-16-20(2)22(27(41)44-31(3,4)5)17-21(19)24-18-25(39-28(34)37-24)47-15-14-35-26(40)23(38-30(43)46-33(9,10)11)12-13-36-29(42)45-32(6,7)8/h16-18,23H,12-15H2,1-11H3,(H,35,40)(H,36,42)(H,38,43)(H2,34,37,39). The number of rotatable bonds is 11. The quantitative estimate of drug-likeness (QED) is 0.0796. The molecule has 0 aliphatic heterocycles. The van der Waals surface area contributed by atoms with E-state index in [9.17, 15) is 19.2 Å². The Morgan fingerprint density at radius 3 is 1.98 bits per heavy atom. The van der Waals surface area contributed by atoms with Crippen LogP contribution in [0.15, 0.2) is 23.2 Å². The first-order valence-electron chi connectivity index (χ1n) is 15.4. The van der Waals surface area contributed by atoms with Crippen molar-refractivity contribution in [3.05, 3.63) is 34.9 Å². The van der Waals surface area contributed by atoms with Crippen molar-refractivity contribution >= 4 is 41.8 Å². The molecule has 2 aromatic rings. The van der Waals surface area contributed by atoms with E-state index in [1.165, 1.54) is 11.8 Å². The smallest absolute Gasteiger partial charge is 0.408 e. The van der Waals surface area contributed by atoms with E-state index in [-0.39, 0.29) is 25.5 Å². The van der Waals surface area contributed by atoms with Gasteiger partial charge in [-0.05, 0) is 106 Å². The largest absolute Gasteiger partial charge is 0.456 e. The summed E-state index contributed by atoms with van der Waals surface area (Å²) in [6, 6.07) is 4.45. The number of amides is 3. The minimum absolute atomic E-state index is 0.0620. The first-order chi connectivity index (χ1) is 21.5. The Morgan fingerprint density at radius 2 is 1.38 bits per heavy atom. The topological polar surface area (TPSA) is 184 Å². The van der Waals surface area contributed by atoms with Crippen molar-refractivity contribution in [1.29, 1.82) is 0 Å². The molecule has 0 aliphatic carbocycles. The molecule has 260 valence electrons. The molecular weight excluding hydrogens is 624 g/mol. The molecule has 5 N–H and O–H groups in total. The zero-order valence-corrected chi connectivity index (χ0v) is 30.2. The van der Waals surface area contributed by atoms with Gasteiger partial charge in [0.15, 0.2) is 0 Å². The molecule has 0 radical (unpaired) electrons. The van der Waals surface area contributed by atoms with Crippen LogP contribution < -0.4 is 21.7 Å². The number of carbonyl (C=O) groups excluding carboxylic acids is 4. The molecule has 1 unspecified atom stereocenters. The van der Waals surface area contributed by atoms with E-state index in [1.807, 2.05) is 40.7 Å². The fraction of sp³-hybridized carbons (Fsp3) is 0.576.